The summed E-state index contributed by atoms with van der Waals surface area (Å²) in [5, 5.41) is 10.6. The zero-order chi connectivity index (χ0) is 10.2. The monoisotopic (exact) mass is 191 g/mol. The van der Waals surface area contributed by atoms with Gasteiger partial charge in [0, 0.05) is 18.0 Å². The smallest absolute Gasteiger partial charge is 0.226 e. The Kier molecular flexibility index (Phi) is 2.04. The third-order valence-corrected chi connectivity index (χ3v) is 1.95. The molecule has 0 aromatic carbocycles. The number of rotatable bonds is 2. The highest BCUT2D eigenvalue weighted by Gasteiger charge is 2.16. The van der Waals surface area contributed by atoms with Crippen molar-refractivity contribution in [1.29, 1.82) is 0 Å². The zero-order valence-electron chi connectivity index (χ0n) is 8.32. The van der Waals surface area contributed by atoms with Gasteiger partial charge in [-0.05, 0) is 32.0 Å². The third-order valence-electron chi connectivity index (χ3n) is 1.95. The molecule has 0 aliphatic heterocycles. The molecule has 0 spiro atoms. The fraction of sp³-hybridized carbons (Fsp3) is 0.364. The van der Waals surface area contributed by atoms with E-state index in [1.807, 2.05) is 18.2 Å². The molecule has 0 unspecified atom stereocenters. The van der Waals surface area contributed by atoms with Gasteiger partial charge in [0.25, 0.3) is 0 Å². The fourth-order valence-corrected chi connectivity index (χ4v) is 1.44. The van der Waals surface area contributed by atoms with Gasteiger partial charge in [0.2, 0.25) is 5.71 Å². The summed E-state index contributed by atoms with van der Waals surface area (Å²) in [5.41, 5.74) is -0.111. The number of hydrogen-bond donors (Lipinski definition) is 1. The summed E-state index contributed by atoms with van der Waals surface area (Å²) in [7, 11) is 0. The lowest BCUT2D eigenvalue weighted by atomic mass is 10.0. The SMILES string of the molecule is CC(C)(O)Cc1cc2cccnc2o1. The van der Waals surface area contributed by atoms with Crippen molar-refractivity contribution >= 4 is 11.1 Å². The lowest BCUT2D eigenvalue weighted by Gasteiger charge is -2.14. The number of aliphatic hydroxyl groups is 1. The maximum absolute atomic E-state index is 9.62. The van der Waals surface area contributed by atoms with Crippen molar-refractivity contribution in [3.63, 3.8) is 0 Å². The Hall–Kier alpha value is -1.35. The molecule has 3 heteroatoms. The first-order chi connectivity index (χ1) is 6.54. The third kappa shape index (κ3) is 1.93. The van der Waals surface area contributed by atoms with Gasteiger partial charge in [0.1, 0.15) is 5.76 Å². The van der Waals surface area contributed by atoms with Gasteiger partial charge in [0.15, 0.2) is 0 Å². The van der Waals surface area contributed by atoms with E-state index in [4.69, 9.17) is 4.42 Å². The maximum Gasteiger partial charge on any atom is 0.226 e. The van der Waals surface area contributed by atoms with Gasteiger partial charge < -0.3 is 9.52 Å². The molecule has 0 fully saturated rings. The van der Waals surface area contributed by atoms with Crippen molar-refractivity contribution in [1.82, 2.24) is 4.98 Å². The summed E-state index contributed by atoms with van der Waals surface area (Å²) in [6.07, 6.45) is 2.20. The Bertz CT molecular complexity index is 407. The second-order valence-electron chi connectivity index (χ2n) is 4.10. The van der Waals surface area contributed by atoms with Crippen molar-refractivity contribution in [2.75, 3.05) is 0 Å². The molecule has 2 rings (SSSR count). The van der Waals surface area contributed by atoms with E-state index < -0.39 is 5.60 Å². The molecule has 0 aliphatic rings. The number of nitrogens with zero attached hydrogens (tertiary/aromatic N) is 1. The minimum atomic E-state index is -0.742. The van der Waals surface area contributed by atoms with Crippen LogP contribution < -0.4 is 0 Å². The number of fused-ring (bicyclic) bond motifs is 1. The standard InChI is InChI=1S/C11H13NO2/c1-11(2,13)7-9-6-8-4-3-5-12-10(8)14-9/h3-6,13H,7H2,1-2H3. The number of furan rings is 1. The summed E-state index contributed by atoms with van der Waals surface area (Å²) in [5.74, 6) is 0.770. The average Bonchev–Trinajstić information content (AvgIpc) is 2.42. The Morgan fingerprint density at radius 1 is 1.50 bits per heavy atom. The van der Waals surface area contributed by atoms with Crippen molar-refractivity contribution in [2.24, 2.45) is 0 Å². The lowest BCUT2D eigenvalue weighted by Crippen LogP contribution is -2.21. The molecule has 0 aliphatic carbocycles. The van der Waals surface area contributed by atoms with Crippen molar-refractivity contribution in [2.45, 2.75) is 25.9 Å². The zero-order valence-corrected chi connectivity index (χ0v) is 8.32. The molecule has 3 nitrogen and oxygen atoms in total. The molecule has 0 amide bonds. The van der Waals surface area contributed by atoms with Crippen molar-refractivity contribution in [3.8, 4) is 0 Å². The van der Waals surface area contributed by atoms with Gasteiger partial charge in [-0.25, -0.2) is 4.98 Å². The van der Waals surface area contributed by atoms with Crippen LogP contribution >= 0.6 is 0 Å². The number of aromatic nitrogens is 1. The molecular weight excluding hydrogens is 178 g/mol. The summed E-state index contributed by atoms with van der Waals surface area (Å²) in [6, 6.07) is 5.73. The van der Waals surface area contributed by atoms with Gasteiger partial charge in [0.05, 0.1) is 5.60 Å². The summed E-state index contributed by atoms with van der Waals surface area (Å²) < 4.78 is 5.47. The molecule has 0 radical (unpaired) electrons. The van der Waals surface area contributed by atoms with Crippen LogP contribution in [-0.2, 0) is 6.42 Å². The van der Waals surface area contributed by atoms with E-state index in [1.54, 1.807) is 20.0 Å². The molecule has 0 saturated heterocycles. The minimum absolute atomic E-state index is 0.503. The van der Waals surface area contributed by atoms with Gasteiger partial charge in [-0.15, -0.1) is 0 Å². The van der Waals surface area contributed by atoms with Crippen LogP contribution in [0.25, 0.3) is 11.1 Å². The molecule has 0 atom stereocenters. The van der Waals surface area contributed by atoms with E-state index in [0.29, 0.717) is 12.1 Å². The highest BCUT2D eigenvalue weighted by Crippen LogP contribution is 2.20. The lowest BCUT2D eigenvalue weighted by molar-refractivity contribution is 0.0756. The summed E-state index contributed by atoms with van der Waals surface area (Å²) >= 11 is 0. The van der Waals surface area contributed by atoms with Crippen LogP contribution in [0.4, 0.5) is 0 Å². The number of hydrogen-bond acceptors (Lipinski definition) is 3. The molecule has 1 N–H and O–H groups in total. The van der Waals surface area contributed by atoms with Crippen LogP contribution in [0.3, 0.4) is 0 Å². The molecule has 2 aromatic heterocycles. The van der Waals surface area contributed by atoms with Crippen molar-refractivity contribution < 1.29 is 9.52 Å². The first-order valence-electron chi connectivity index (χ1n) is 4.60. The maximum atomic E-state index is 9.62. The largest absolute Gasteiger partial charge is 0.443 e. The van der Waals surface area contributed by atoms with Crippen LogP contribution in [0, 0.1) is 0 Å². The molecular formula is C11H13NO2. The van der Waals surface area contributed by atoms with Gasteiger partial charge in [-0.2, -0.15) is 0 Å². The van der Waals surface area contributed by atoms with Crippen LogP contribution in [0.2, 0.25) is 0 Å². The summed E-state index contributed by atoms with van der Waals surface area (Å²) in [6.45, 7) is 3.52. The van der Waals surface area contributed by atoms with Gasteiger partial charge in [-0.1, -0.05) is 0 Å². The predicted octanol–water partition coefficient (Wildman–Crippen LogP) is 2.14. The highest BCUT2D eigenvalue weighted by molar-refractivity contribution is 5.73. The second-order valence-corrected chi connectivity index (χ2v) is 4.10. The molecule has 0 bridgehead atoms. The molecule has 2 aromatic rings. The fourth-order valence-electron chi connectivity index (χ4n) is 1.44. The van der Waals surface area contributed by atoms with E-state index in [0.717, 1.165) is 11.1 Å². The minimum Gasteiger partial charge on any atom is -0.443 e. The number of pyridine rings is 1. The Morgan fingerprint density at radius 3 is 2.93 bits per heavy atom. The molecule has 0 saturated carbocycles. The van der Waals surface area contributed by atoms with Crippen LogP contribution in [0.5, 0.6) is 0 Å². The van der Waals surface area contributed by atoms with Gasteiger partial charge >= 0.3 is 0 Å². The van der Waals surface area contributed by atoms with Crippen LogP contribution in [-0.4, -0.2) is 15.7 Å². The quantitative estimate of drug-likeness (QED) is 0.791. The van der Waals surface area contributed by atoms with Gasteiger partial charge in [-0.3, -0.25) is 0 Å². The molecule has 74 valence electrons. The first-order valence-corrected chi connectivity index (χ1v) is 4.60. The van der Waals surface area contributed by atoms with Crippen LogP contribution in [0.1, 0.15) is 19.6 Å². The van der Waals surface area contributed by atoms with E-state index in [2.05, 4.69) is 4.98 Å². The average molecular weight is 191 g/mol. The second kappa shape index (κ2) is 3.10. The van der Waals surface area contributed by atoms with E-state index in [1.165, 1.54) is 0 Å². The molecule has 14 heavy (non-hydrogen) atoms. The van der Waals surface area contributed by atoms with E-state index in [-0.39, 0.29) is 0 Å². The Morgan fingerprint density at radius 2 is 2.29 bits per heavy atom. The molecule has 2 heterocycles. The normalized spacial score (nSPS) is 12.2. The Labute approximate surface area is 82.4 Å². The van der Waals surface area contributed by atoms with Crippen molar-refractivity contribution in [3.05, 3.63) is 30.2 Å². The first kappa shape index (κ1) is 9.21. The summed E-state index contributed by atoms with van der Waals surface area (Å²) in [4.78, 5) is 4.08. The topological polar surface area (TPSA) is 46.3 Å². The Balaban J connectivity index is 2.36. The van der Waals surface area contributed by atoms with Crippen LogP contribution in [0.15, 0.2) is 28.8 Å². The van der Waals surface area contributed by atoms with E-state index in [9.17, 15) is 5.11 Å². The predicted molar refractivity (Wildman–Crippen MR) is 54.0 cm³/mol. The van der Waals surface area contributed by atoms with E-state index >= 15 is 0 Å². The highest BCUT2D eigenvalue weighted by atomic mass is 16.3.